The smallest absolute Gasteiger partial charge is 0.160 e. The standard InChI is InChI=1S/C43H34N2/c1-3-16-42(45-43(32-19-8-5-9-20-32)44-30(2)31-17-6-4-7-18-31)40-26-15-10-21-34(40)33-27-28-39-37-24-12-11-22-35(37)36-23-13-14-25-38(36)41(39)29-33/h4-29H,3H2,1-2H3/b42-16+,44-30?,45-43?. The zero-order chi connectivity index (χ0) is 30.6. The molecule has 7 aromatic carbocycles. The third kappa shape index (κ3) is 5.59. The van der Waals surface area contributed by atoms with Gasteiger partial charge in [0.25, 0.3) is 0 Å². The van der Waals surface area contributed by atoms with E-state index in [-0.39, 0.29) is 0 Å². The summed E-state index contributed by atoms with van der Waals surface area (Å²) in [5.74, 6) is 0.697. The van der Waals surface area contributed by atoms with Crippen LogP contribution in [0, 0.1) is 0 Å². The Bertz CT molecular complexity index is 2200. The van der Waals surface area contributed by atoms with E-state index >= 15 is 0 Å². The average molecular weight is 579 g/mol. The fraction of sp³-hybridized carbons (Fsp3) is 0.0698. The highest BCUT2D eigenvalue weighted by Gasteiger charge is 2.14. The predicted octanol–water partition coefficient (Wildman–Crippen LogP) is 11.5. The number of allylic oxidation sites excluding steroid dienone is 1. The predicted molar refractivity (Wildman–Crippen MR) is 194 cm³/mol. The molecular formula is C43H34N2. The van der Waals surface area contributed by atoms with Crippen molar-refractivity contribution in [1.29, 1.82) is 0 Å². The van der Waals surface area contributed by atoms with Gasteiger partial charge in [0.05, 0.1) is 5.70 Å². The van der Waals surface area contributed by atoms with Crippen molar-refractivity contribution < 1.29 is 0 Å². The Morgan fingerprint density at radius 2 is 1.02 bits per heavy atom. The van der Waals surface area contributed by atoms with Crippen LogP contribution in [0.25, 0.3) is 49.1 Å². The molecular weight excluding hydrogens is 544 g/mol. The van der Waals surface area contributed by atoms with Crippen LogP contribution in [0.15, 0.2) is 168 Å². The van der Waals surface area contributed by atoms with E-state index in [4.69, 9.17) is 9.98 Å². The Labute approximate surface area is 264 Å². The van der Waals surface area contributed by atoms with Gasteiger partial charge in [-0.3, -0.25) is 0 Å². The molecule has 0 bridgehead atoms. The quantitative estimate of drug-likeness (QED) is 0.107. The Kier molecular flexibility index (Phi) is 7.87. The van der Waals surface area contributed by atoms with Gasteiger partial charge in [-0.2, -0.15) is 0 Å². The van der Waals surface area contributed by atoms with E-state index in [0.29, 0.717) is 5.84 Å². The van der Waals surface area contributed by atoms with Gasteiger partial charge in [0, 0.05) is 16.8 Å². The maximum absolute atomic E-state index is 5.30. The molecule has 0 saturated carbocycles. The van der Waals surface area contributed by atoms with Crippen molar-refractivity contribution in [3.8, 4) is 11.1 Å². The molecule has 2 nitrogen and oxygen atoms in total. The summed E-state index contributed by atoms with van der Waals surface area (Å²) < 4.78 is 0. The molecule has 0 spiro atoms. The van der Waals surface area contributed by atoms with E-state index < -0.39 is 0 Å². The van der Waals surface area contributed by atoms with Crippen molar-refractivity contribution in [2.75, 3.05) is 0 Å². The van der Waals surface area contributed by atoms with Crippen LogP contribution in [0.3, 0.4) is 0 Å². The third-order valence-electron chi connectivity index (χ3n) is 8.38. The van der Waals surface area contributed by atoms with Gasteiger partial charge in [-0.1, -0.05) is 159 Å². The lowest BCUT2D eigenvalue weighted by Crippen LogP contribution is -2.04. The Morgan fingerprint density at radius 3 is 1.64 bits per heavy atom. The molecule has 0 atom stereocenters. The summed E-state index contributed by atoms with van der Waals surface area (Å²) in [4.78, 5) is 10.4. The van der Waals surface area contributed by atoms with Gasteiger partial charge in [-0.05, 0) is 68.4 Å². The van der Waals surface area contributed by atoms with Gasteiger partial charge in [0.1, 0.15) is 0 Å². The molecule has 216 valence electrons. The van der Waals surface area contributed by atoms with E-state index in [1.807, 2.05) is 43.3 Å². The molecule has 0 saturated heterocycles. The number of hydrogen-bond acceptors (Lipinski definition) is 1. The highest BCUT2D eigenvalue weighted by Crippen LogP contribution is 2.38. The first-order valence-electron chi connectivity index (χ1n) is 15.6. The highest BCUT2D eigenvalue weighted by atomic mass is 14.9. The number of amidine groups is 1. The number of rotatable bonds is 6. The van der Waals surface area contributed by atoms with Crippen LogP contribution in [0.2, 0.25) is 0 Å². The van der Waals surface area contributed by atoms with E-state index in [9.17, 15) is 0 Å². The lowest BCUT2D eigenvalue weighted by atomic mass is 9.90. The van der Waals surface area contributed by atoms with Gasteiger partial charge in [0.15, 0.2) is 5.84 Å². The Balaban J connectivity index is 1.41. The topological polar surface area (TPSA) is 24.7 Å². The Morgan fingerprint density at radius 1 is 0.511 bits per heavy atom. The van der Waals surface area contributed by atoms with Crippen molar-refractivity contribution in [1.82, 2.24) is 0 Å². The first kappa shape index (κ1) is 28.2. The SMILES string of the molecule is CC/C=C(/N=C(N=C(C)c1ccccc1)c1ccccc1)c1ccccc1-c1ccc2c3ccccc3c3ccccc3c2c1. The summed E-state index contributed by atoms with van der Waals surface area (Å²) in [5, 5.41) is 7.64. The molecule has 0 amide bonds. The normalized spacial score (nSPS) is 12.7. The molecule has 7 aromatic rings. The molecule has 0 fully saturated rings. The van der Waals surface area contributed by atoms with Crippen molar-refractivity contribution in [3.05, 3.63) is 174 Å². The number of nitrogens with zero attached hydrogens (tertiary/aromatic N) is 2. The summed E-state index contributed by atoms with van der Waals surface area (Å²) in [6.45, 7) is 4.21. The minimum absolute atomic E-state index is 0.697. The lowest BCUT2D eigenvalue weighted by molar-refractivity contribution is 1.21. The third-order valence-corrected chi connectivity index (χ3v) is 8.38. The zero-order valence-electron chi connectivity index (χ0n) is 25.6. The fourth-order valence-corrected chi connectivity index (χ4v) is 6.20. The molecule has 7 rings (SSSR count). The Hall–Kier alpha value is -5.60. The van der Waals surface area contributed by atoms with E-state index in [1.54, 1.807) is 0 Å². The first-order chi connectivity index (χ1) is 22.2. The van der Waals surface area contributed by atoms with Crippen molar-refractivity contribution in [2.24, 2.45) is 9.98 Å². The fourth-order valence-electron chi connectivity index (χ4n) is 6.20. The van der Waals surface area contributed by atoms with Gasteiger partial charge in [0.2, 0.25) is 0 Å². The minimum atomic E-state index is 0.697. The van der Waals surface area contributed by atoms with E-state index in [1.165, 1.54) is 37.9 Å². The summed E-state index contributed by atoms with van der Waals surface area (Å²) in [6, 6.07) is 53.5. The van der Waals surface area contributed by atoms with E-state index in [0.717, 1.165) is 40.1 Å². The number of fused-ring (bicyclic) bond motifs is 6. The molecule has 45 heavy (non-hydrogen) atoms. The number of aliphatic imine (C=N–C) groups is 2. The van der Waals surface area contributed by atoms with Crippen molar-refractivity contribution >= 4 is 49.6 Å². The maximum atomic E-state index is 5.30. The monoisotopic (exact) mass is 578 g/mol. The van der Waals surface area contributed by atoms with Gasteiger partial charge < -0.3 is 0 Å². The molecule has 0 aliphatic rings. The average Bonchev–Trinajstić information content (AvgIpc) is 3.11. The van der Waals surface area contributed by atoms with Crippen molar-refractivity contribution in [3.63, 3.8) is 0 Å². The number of benzene rings is 7. The second kappa shape index (κ2) is 12.6. The summed E-state index contributed by atoms with van der Waals surface area (Å²) >= 11 is 0. The molecule has 0 aliphatic heterocycles. The van der Waals surface area contributed by atoms with Crippen LogP contribution < -0.4 is 0 Å². The minimum Gasteiger partial charge on any atom is -0.233 e. The van der Waals surface area contributed by atoms with Gasteiger partial charge >= 0.3 is 0 Å². The van der Waals surface area contributed by atoms with Crippen LogP contribution in [0.5, 0.6) is 0 Å². The zero-order valence-corrected chi connectivity index (χ0v) is 25.6. The number of hydrogen-bond donors (Lipinski definition) is 0. The van der Waals surface area contributed by atoms with Crippen molar-refractivity contribution in [2.45, 2.75) is 20.3 Å². The molecule has 0 N–H and O–H groups in total. The summed E-state index contributed by atoms with van der Waals surface area (Å²) in [6.07, 6.45) is 3.06. The second-order valence-electron chi connectivity index (χ2n) is 11.3. The molecule has 0 radical (unpaired) electrons. The maximum Gasteiger partial charge on any atom is 0.160 e. The lowest BCUT2D eigenvalue weighted by Gasteiger charge is -2.15. The van der Waals surface area contributed by atoms with Crippen LogP contribution in [0.4, 0.5) is 0 Å². The van der Waals surface area contributed by atoms with E-state index in [2.05, 4.69) is 128 Å². The van der Waals surface area contributed by atoms with Gasteiger partial charge in [-0.15, -0.1) is 0 Å². The molecule has 0 aromatic heterocycles. The summed E-state index contributed by atoms with van der Waals surface area (Å²) in [7, 11) is 0. The van der Waals surface area contributed by atoms with Crippen LogP contribution >= 0.6 is 0 Å². The molecule has 0 unspecified atom stereocenters. The first-order valence-corrected chi connectivity index (χ1v) is 15.6. The highest BCUT2D eigenvalue weighted by molar-refractivity contribution is 6.25. The second-order valence-corrected chi connectivity index (χ2v) is 11.3. The van der Waals surface area contributed by atoms with Crippen LogP contribution in [-0.2, 0) is 0 Å². The largest absolute Gasteiger partial charge is 0.233 e. The molecule has 0 heterocycles. The molecule has 0 aliphatic carbocycles. The van der Waals surface area contributed by atoms with Crippen LogP contribution in [-0.4, -0.2) is 11.5 Å². The molecule has 2 heteroatoms. The summed E-state index contributed by atoms with van der Waals surface area (Å²) in [5.41, 5.74) is 7.31. The van der Waals surface area contributed by atoms with Gasteiger partial charge in [-0.25, -0.2) is 9.98 Å². The van der Waals surface area contributed by atoms with Crippen LogP contribution in [0.1, 0.15) is 37.0 Å².